The van der Waals surface area contributed by atoms with Crippen LogP contribution in [0.4, 0.5) is 18.9 Å². The van der Waals surface area contributed by atoms with Crippen molar-refractivity contribution in [3.8, 4) is 0 Å². The van der Waals surface area contributed by atoms with Crippen molar-refractivity contribution in [1.82, 2.24) is 4.90 Å². The first-order valence-electron chi connectivity index (χ1n) is 6.82. The molecule has 2 amide bonds. The van der Waals surface area contributed by atoms with Gasteiger partial charge in [-0.1, -0.05) is 18.2 Å². The maximum Gasteiger partial charge on any atom is 0.406 e. The highest BCUT2D eigenvalue weighted by Gasteiger charge is 2.35. The van der Waals surface area contributed by atoms with Crippen LogP contribution in [0.25, 0.3) is 0 Å². The molecule has 1 heterocycles. The molecule has 124 valence electrons. The summed E-state index contributed by atoms with van der Waals surface area (Å²) in [5.41, 5.74) is 0.643. The third-order valence-corrected chi connectivity index (χ3v) is 4.41. The Morgan fingerprint density at radius 3 is 2.74 bits per heavy atom. The van der Waals surface area contributed by atoms with E-state index in [0.29, 0.717) is 10.6 Å². The lowest BCUT2D eigenvalue weighted by molar-refractivity contribution is -0.160. The number of amides is 2. The predicted molar refractivity (Wildman–Crippen MR) is 82.2 cm³/mol. The topological polar surface area (TPSA) is 49.4 Å². The summed E-state index contributed by atoms with van der Waals surface area (Å²) in [6, 6.07) is 7.07. The van der Waals surface area contributed by atoms with Gasteiger partial charge < -0.3 is 10.2 Å². The van der Waals surface area contributed by atoms with Gasteiger partial charge in [-0.15, -0.1) is 18.3 Å². The molecule has 1 aromatic rings. The number of hydrogen-bond acceptors (Lipinski definition) is 3. The van der Waals surface area contributed by atoms with Crippen molar-refractivity contribution in [2.75, 3.05) is 18.4 Å². The van der Waals surface area contributed by atoms with Gasteiger partial charge in [-0.05, 0) is 12.1 Å². The van der Waals surface area contributed by atoms with Gasteiger partial charge in [-0.3, -0.25) is 9.59 Å². The van der Waals surface area contributed by atoms with E-state index in [1.807, 2.05) is 0 Å². The van der Waals surface area contributed by atoms with E-state index in [2.05, 4.69) is 11.9 Å². The highest BCUT2D eigenvalue weighted by Crippen LogP contribution is 2.36. The smallest absolute Gasteiger partial charge is 0.330 e. The van der Waals surface area contributed by atoms with Crippen LogP contribution in [-0.2, 0) is 9.59 Å². The van der Waals surface area contributed by atoms with Crippen molar-refractivity contribution in [3.05, 3.63) is 36.9 Å². The van der Waals surface area contributed by atoms with E-state index in [9.17, 15) is 22.8 Å². The number of carbonyl (C=O) groups is 2. The second-order valence-corrected chi connectivity index (χ2v) is 6.22. The Hall–Kier alpha value is -1.96. The van der Waals surface area contributed by atoms with Gasteiger partial charge in [0.05, 0.1) is 10.9 Å². The molecule has 0 fully saturated rings. The number of thioether (sulfide) groups is 1. The SMILES string of the molecule is C=CCN(CC(F)(F)F)C(=O)C[C@H]1Sc2ccccc2NC1=O. The van der Waals surface area contributed by atoms with Gasteiger partial charge in [0.1, 0.15) is 6.54 Å². The van der Waals surface area contributed by atoms with E-state index in [1.165, 1.54) is 17.8 Å². The molecule has 0 saturated carbocycles. The molecule has 1 aliphatic rings. The van der Waals surface area contributed by atoms with Crippen molar-refractivity contribution < 1.29 is 22.8 Å². The molecule has 0 unspecified atom stereocenters. The van der Waals surface area contributed by atoms with Crippen molar-refractivity contribution >= 4 is 29.3 Å². The fourth-order valence-corrected chi connectivity index (χ4v) is 3.24. The van der Waals surface area contributed by atoms with Gasteiger partial charge in [0, 0.05) is 17.9 Å². The third kappa shape index (κ3) is 4.75. The molecule has 4 nitrogen and oxygen atoms in total. The number of rotatable bonds is 5. The fraction of sp³-hybridized carbons (Fsp3) is 0.333. The average Bonchev–Trinajstić information content (AvgIpc) is 2.46. The molecule has 0 radical (unpaired) electrons. The lowest BCUT2D eigenvalue weighted by Crippen LogP contribution is -2.42. The van der Waals surface area contributed by atoms with E-state index in [1.54, 1.807) is 24.3 Å². The van der Waals surface area contributed by atoms with Gasteiger partial charge in [0.25, 0.3) is 0 Å². The molecule has 0 spiro atoms. The molecule has 1 atom stereocenters. The minimum absolute atomic E-state index is 0.214. The van der Waals surface area contributed by atoms with Crippen LogP contribution in [0.5, 0.6) is 0 Å². The predicted octanol–water partition coefficient (Wildman–Crippen LogP) is 3.07. The summed E-state index contributed by atoms with van der Waals surface area (Å²) in [5, 5.41) is 1.91. The molecule has 1 aromatic carbocycles. The zero-order chi connectivity index (χ0) is 17.0. The minimum Gasteiger partial charge on any atom is -0.330 e. The number of nitrogens with one attached hydrogen (secondary N) is 1. The summed E-state index contributed by atoms with van der Waals surface area (Å²) in [6.07, 6.45) is -3.56. The van der Waals surface area contributed by atoms with Gasteiger partial charge in [0.2, 0.25) is 11.8 Å². The van der Waals surface area contributed by atoms with Crippen LogP contribution in [0.2, 0.25) is 0 Å². The molecular formula is C15H15F3N2O2S. The van der Waals surface area contributed by atoms with E-state index in [4.69, 9.17) is 0 Å². The van der Waals surface area contributed by atoms with Crippen LogP contribution in [-0.4, -0.2) is 41.2 Å². The zero-order valence-electron chi connectivity index (χ0n) is 12.1. The van der Waals surface area contributed by atoms with Crippen molar-refractivity contribution in [3.63, 3.8) is 0 Å². The summed E-state index contributed by atoms with van der Waals surface area (Å²) in [4.78, 5) is 25.6. The normalized spacial score (nSPS) is 17.2. The van der Waals surface area contributed by atoms with Crippen LogP contribution in [0, 0.1) is 0 Å². The number of halogens is 3. The number of nitrogens with zero attached hydrogens (tertiary/aromatic N) is 1. The summed E-state index contributed by atoms with van der Waals surface area (Å²) in [6.45, 7) is 1.79. The monoisotopic (exact) mass is 344 g/mol. The summed E-state index contributed by atoms with van der Waals surface area (Å²) < 4.78 is 37.6. The van der Waals surface area contributed by atoms with Crippen LogP contribution in [0.15, 0.2) is 41.8 Å². The van der Waals surface area contributed by atoms with Gasteiger partial charge in [0.15, 0.2) is 0 Å². The summed E-state index contributed by atoms with van der Waals surface area (Å²) in [5.74, 6) is -1.11. The maximum absolute atomic E-state index is 12.5. The van der Waals surface area contributed by atoms with Crippen LogP contribution < -0.4 is 5.32 Å². The lowest BCUT2D eigenvalue weighted by Gasteiger charge is -2.27. The Morgan fingerprint density at radius 1 is 1.39 bits per heavy atom. The highest BCUT2D eigenvalue weighted by molar-refractivity contribution is 8.01. The maximum atomic E-state index is 12.5. The third-order valence-electron chi connectivity index (χ3n) is 3.14. The Morgan fingerprint density at radius 2 is 2.09 bits per heavy atom. The second-order valence-electron chi connectivity index (χ2n) is 4.97. The first kappa shape index (κ1) is 17.4. The molecular weight excluding hydrogens is 329 g/mol. The van der Waals surface area contributed by atoms with Crippen LogP contribution in [0.3, 0.4) is 0 Å². The standard InChI is InChI=1S/C15H15F3N2O2S/c1-2-7-20(9-15(16,17)18)13(21)8-12-14(22)19-10-5-3-4-6-11(10)23-12/h2-6,12H,1,7-9H2,(H,19,22)/t12-/m1/s1. The fourth-order valence-electron chi connectivity index (χ4n) is 2.14. The molecule has 23 heavy (non-hydrogen) atoms. The van der Waals surface area contributed by atoms with E-state index < -0.39 is 23.9 Å². The van der Waals surface area contributed by atoms with Gasteiger partial charge in [-0.2, -0.15) is 13.2 Å². The average molecular weight is 344 g/mol. The molecule has 0 aliphatic carbocycles. The number of benzene rings is 1. The molecule has 8 heteroatoms. The number of alkyl halides is 3. The first-order valence-corrected chi connectivity index (χ1v) is 7.70. The number of fused-ring (bicyclic) bond motifs is 1. The molecule has 1 N–H and O–H groups in total. The van der Waals surface area contributed by atoms with Gasteiger partial charge >= 0.3 is 6.18 Å². The van der Waals surface area contributed by atoms with E-state index >= 15 is 0 Å². The number of carbonyl (C=O) groups excluding carboxylic acids is 2. The molecule has 2 rings (SSSR count). The van der Waals surface area contributed by atoms with E-state index in [-0.39, 0.29) is 18.9 Å². The summed E-state index contributed by atoms with van der Waals surface area (Å²) >= 11 is 1.18. The Balaban J connectivity index is 2.06. The number of anilines is 1. The molecule has 1 aliphatic heterocycles. The molecule has 0 saturated heterocycles. The number of hydrogen-bond donors (Lipinski definition) is 1. The van der Waals surface area contributed by atoms with Crippen molar-refractivity contribution in [1.29, 1.82) is 0 Å². The molecule has 0 aromatic heterocycles. The Kier molecular flexibility index (Phi) is 5.35. The van der Waals surface area contributed by atoms with Crippen molar-refractivity contribution in [2.24, 2.45) is 0 Å². The van der Waals surface area contributed by atoms with Crippen molar-refractivity contribution in [2.45, 2.75) is 22.7 Å². The lowest BCUT2D eigenvalue weighted by atomic mass is 10.2. The van der Waals surface area contributed by atoms with E-state index in [0.717, 1.165) is 4.90 Å². The second kappa shape index (κ2) is 7.08. The Bertz CT molecular complexity index is 619. The largest absolute Gasteiger partial charge is 0.406 e. The Labute approximate surface area is 135 Å². The minimum atomic E-state index is -4.49. The summed E-state index contributed by atoms with van der Waals surface area (Å²) in [7, 11) is 0. The highest BCUT2D eigenvalue weighted by atomic mass is 32.2. The van der Waals surface area contributed by atoms with Crippen LogP contribution in [0.1, 0.15) is 6.42 Å². The quantitative estimate of drug-likeness (QED) is 0.835. The van der Waals surface area contributed by atoms with Crippen LogP contribution >= 0.6 is 11.8 Å². The van der Waals surface area contributed by atoms with Gasteiger partial charge in [-0.25, -0.2) is 0 Å². The number of para-hydroxylation sites is 1. The molecule has 0 bridgehead atoms. The first-order chi connectivity index (χ1) is 10.8. The zero-order valence-corrected chi connectivity index (χ0v) is 12.9.